The molecule has 0 heterocycles. The van der Waals surface area contributed by atoms with Gasteiger partial charge in [-0.25, -0.2) is 0 Å². The van der Waals surface area contributed by atoms with Crippen LogP contribution in [0, 0.1) is 13.8 Å². The van der Waals surface area contributed by atoms with Gasteiger partial charge >= 0.3 is 0 Å². The van der Waals surface area contributed by atoms with Crippen molar-refractivity contribution in [2.45, 2.75) is 39.9 Å². The summed E-state index contributed by atoms with van der Waals surface area (Å²) in [7, 11) is 1.49. The first-order chi connectivity index (χ1) is 13.7. The molecule has 2 unspecified atom stereocenters. The summed E-state index contributed by atoms with van der Waals surface area (Å²) in [5, 5.41) is 0. The number of benzene rings is 2. The summed E-state index contributed by atoms with van der Waals surface area (Å²) >= 11 is 0. The van der Waals surface area contributed by atoms with Crippen molar-refractivity contribution in [2.24, 2.45) is 0 Å². The molecule has 0 fully saturated rings. The quantitative estimate of drug-likeness (QED) is 0.398. The molecule has 3 heteroatoms. The highest BCUT2D eigenvalue weighted by Gasteiger charge is 2.28. The van der Waals surface area contributed by atoms with Gasteiger partial charge in [-0.1, -0.05) is 85.5 Å². The number of ether oxygens (including phenoxy) is 2. The second-order valence-electron chi connectivity index (χ2n) is 7.06. The van der Waals surface area contributed by atoms with Gasteiger partial charge in [0.15, 0.2) is 18.0 Å². The van der Waals surface area contributed by atoms with E-state index in [0.29, 0.717) is 5.76 Å². The lowest BCUT2D eigenvalue weighted by Gasteiger charge is -2.26. The minimum atomic E-state index is -0.672. The van der Waals surface area contributed by atoms with Crippen molar-refractivity contribution in [1.29, 1.82) is 0 Å². The monoisotopic (exact) mass is 392 g/mol. The zero-order chi connectivity index (χ0) is 22.0. The molecule has 0 saturated carbocycles. The number of carbonyl (C=O) groups excluding carboxylic acids is 1. The average Bonchev–Trinajstić information content (AvgIpc) is 2.69. The molecule has 0 aliphatic carbocycles. The van der Waals surface area contributed by atoms with Crippen LogP contribution in [-0.2, 0) is 14.3 Å². The molecule has 0 bridgehead atoms. The molecule has 2 aromatic rings. The van der Waals surface area contributed by atoms with Crippen LogP contribution in [0.25, 0.3) is 11.8 Å². The summed E-state index contributed by atoms with van der Waals surface area (Å²) in [4.78, 5) is 11.6. The fraction of sp³-hybridized carbons (Fsp3) is 0.269. The molecule has 3 nitrogen and oxygen atoms in total. The Morgan fingerprint density at radius 3 is 1.76 bits per heavy atom. The second-order valence-corrected chi connectivity index (χ2v) is 7.06. The topological polar surface area (TPSA) is 35.5 Å². The Hall–Kier alpha value is -2.91. The summed E-state index contributed by atoms with van der Waals surface area (Å²) in [6.07, 6.45) is 0.639. The fourth-order valence-corrected chi connectivity index (χ4v) is 2.59. The van der Waals surface area contributed by atoms with Crippen LogP contribution in [0.5, 0.6) is 0 Å². The largest absolute Gasteiger partial charge is 0.483 e. The van der Waals surface area contributed by atoms with Gasteiger partial charge in [0, 0.05) is 12.7 Å². The van der Waals surface area contributed by atoms with E-state index in [1.807, 2.05) is 44.2 Å². The average molecular weight is 393 g/mol. The van der Waals surface area contributed by atoms with Gasteiger partial charge in [-0.15, -0.1) is 0 Å². The van der Waals surface area contributed by atoms with E-state index in [4.69, 9.17) is 9.47 Å². The molecule has 0 amide bonds. The Morgan fingerprint density at radius 1 is 0.897 bits per heavy atom. The molecule has 2 aromatic carbocycles. The van der Waals surface area contributed by atoms with Crippen LogP contribution < -0.4 is 0 Å². The summed E-state index contributed by atoms with van der Waals surface area (Å²) in [6, 6.07) is 16.1. The Bertz CT molecular complexity index is 829. The molecule has 154 valence electrons. The number of aryl methyl sites for hydroxylation is 2. The lowest BCUT2D eigenvalue weighted by Crippen LogP contribution is -2.36. The number of Topliss-reactive ketones (excluding diaryl/α,β-unsaturated/α-hetero) is 1. The van der Waals surface area contributed by atoms with Crippen molar-refractivity contribution >= 4 is 17.6 Å². The van der Waals surface area contributed by atoms with Crippen LogP contribution in [0.2, 0.25) is 0 Å². The van der Waals surface area contributed by atoms with Crippen molar-refractivity contribution in [3.8, 4) is 0 Å². The zero-order valence-corrected chi connectivity index (χ0v) is 18.2. The Morgan fingerprint density at radius 2 is 1.38 bits per heavy atom. The minimum Gasteiger partial charge on any atom is -0.483 e. The summed E-state index contributed by atoms with van der Waals surface area (Å²) < 4.78 is 11.0. The van der Waals surface area contributed by atoms with E-state index in [0.717, 1.165) is 16.7 Å². The normalized spacial score (nSPS) is 12.0. The third kappa shape index (κ3) is 7.92. The highest BCUT2D eigenvalue weighted by Crippen LogP contribution is 2.22. The molecular weight excluding hydrogens is 360 g/mol. The van der Waals surface area contributed by atoms with Crippen molar-refractivity contribution < 1.29 is 14.3 Å². The lowest BCUT2D eigenvalue weighted by molar-refractivity contribution is -0.131. The molecule has 2 rings (SSSR count). The van der Waals surface area contributed by atoms with Crippen LogP contribution in [0.3, 0.4) is 0 Å². The first kappa shape index (κ1) is 24.1. The van der Waals surface area contributed by atoms with Gasteiger partial charge in [-0.2, -0.15) is 0 Å². The summed E-state index contributed by atoms with van der Waals surface area (Å²) in [6.45, 7) is 18.8. The molecule has 0 N–H and O–H groups in total. The van der Waals surface area contributed by atoms with Crippen molar-refractivity contribution in [3.05, 3.63) is 96.1 Å². The van der Waals surface area contributed by atoms with Gasteiger partial charge in [-0.05, 0) is 38.8 Å². The van der Waals surface area contributed by atoms with Crippen LogP contribution in [0.4, 0.5) is 0 Å². The molecule has 0 saturated heterocycles. The van der Waals surface area contributed by atoms with Crippen LogP contribution >= 0.6 is 0 Å². The highest BCUT2D eigenvalue weighted by molar-refractivity contribution is 5.81. The van der Waals surface area contributed by atoms with Crippen molar-refractivity contribution in [2.75, 3.05) is 7.11 Å². The van der Waals surface area contributed by atoms with Gasteiger partial charge in [0.25, 0.3) is 0 Å². The highest BCUT2D eigenvalue weighted by atomic mass is 16.5. The van der Waals surface area contributed by atoms with E-state index in [2.05, 4.69) is 50.9 Å². The number of hydrogen-bond donors (Lipinski definition) is 0. The minimum absolute atomic E-state index is 0.0998. The Kier molecular flexibility index (Phi) is 9.84. The smallest absolute Gasteiger partial charge is 0.162 e. The molecule has 0 aliphatic rings. The SMILES string of the molecule is C=C(OC(C(=C)C)C(OC)C(C)=O)c1ccc(C)cc1.C=Cc1ccc(C)cc1. The molecule has 29 heavy (non-hydrogen) atoms. The molecule has 2 atom stereocenters. The predicted octanol–water partition coefficient (Wildman–Crippen LogP) is 6.17. The predicted molar refractivity (Wildman–Crippen MR) is 123 cm³/mol. The summed E-state index contributed by atoms with van der Waals surface area (Å²) in [5.41, 5.74) is 5.23. The van der Waals surface area contributed by atoms with E-state index in [9.17, 15) is 4.79 Å². The summed E-state index contributed by atoms with van der Waals surface area (Å²) in [5.74, 6) is 0.401. The number of carbonyl (C=O) groups is 1. The van der Waals surface area contributed by atoms with Crippen LogP contribution in [0.1, 0.15) is 36.1 Å². The van der Waals surface area contributed by atoms with E-state index in [1.165, 1.54) is 25.2 Å². The Balaban J connectivity index is 0.000000387. The van der Waals surface area contributed by atoms with E-state index in [1.54, 1.807) is 0 Å². The third-order valence-electron chi connectivity index (χ3n) is 4.37. The zero-order valence-electron chi connectivity index (χ0n) is 18.2. The molecule has 0 spiro atoms. The molecule has 0 radical (unpaired) electrons. The van der Waals surface area contributed by atoms with Gasteiger partial charge in [0.2, 0.25) is 0 Å². The fourth-order valence-electron chi connectivity index (χ4n) is 2.59. The maximum absolute atomic E-state index is 11.6. The maximum Gasteiger partial charge on any atom is 0.162 e. The molecule has 0 aromatic heterocycles. The number of hydrogen-bond acceptors (Lipinski definition) is 3. The number of methoxy groups -OCH3 is 1. The number of rotatable bonds is 8. The van der Waals surface area contributed by atoms with Gasteiger partial charge in [0.1, 0.15) is 5.76 Å². The van der Waals surface area contributed by atoms with Crippen molar-refractivity contribution in [1.82, 2.24) is 0 Å². The van der Waals surface area contributed by atoms with Gasteiger partial charge in [0.05, 0.1) is 0 Å². The van der Waals surface area contributed by atoms with Gasteiger partial charge in [-0.3, -0.25) is 4.79 Å². The standard InChI is InChI=1S/C17H22O3.C9H10/c1-11(2)16(17(19-6)13(4)18)20-14(5)15-9-7-12(3)8-10-15;1-3-9-6-4-8(2)5-7-9/h7-10,16-17H,1,5H2,2-4,6H3;3-7H,1H2,2H3. The van der Waals surface area contributed by atoms with Crippen molar-refractivity contribution in [3.63, 3.8) is 0 Å². The van der Waals surface area contributed by atoms with E-state index >= 15 is 0 Å². The van der Waals surface area contributed by atoms with Crippen LogP contribution in [0.15, 0.2) is 73.8 Å². The van der Waals surface area contributed by atoms with Crippen LogP contribution in [-0.4, -0.2) is 25.1 Å². The number of ketones is 1. The van der Waals surface area contributed by atoms with E-state index in [-0.39, 0.29) is 5.78 Å². The first-order valence-electron chi connectivity index (χ1n) is 9.50. The second kappa shape index (κ2) is 11.8. The van der Waals surface area contributed by atoms with Gasteiger partial charge < -0.3 is 9.47 Å². The third-order valence-corrected chi connectivity index (χ3v) is 4.37. The van der Waals surface area contributed by atoms with E-state index < -0.39 is 12.2 Å². The first-order valence-corrected chi connectivity index (χ1v) is 9.50. The molecular formula is C26H32O3. The Labute approximate surface area is 175 Å². The lowest BCUT2D eigenvalue weighted by atomic mass is 10.0. The maximum atomic E-state index is 11.6. The molecule has 0 aliphatic heterocycles.